The van der Waals surface area contributed by atoms with Crippen molar-refractivity contribution in [2.75, 3.05) is 12.4 Å². The molecule has 0 bridgehead atoms. The number of carbonyl (C=O) groups is 2. The Balaban J connectivity index is 1.52. The first-order chi connectivity index (χ1) is 18.4. The third-order valence-corrected chi connectivity index (χ3v) is 6.31. The molecule has 2 amide bonds. The molecule has 0 spiro atoms. The summed E-state index contributed by atoms with van der Waals surface area (Å²) < 4.78 is 7.57. The second kappa shape index (κ2) is 12.1. The third kappa shape index (κ3) is 6.00. The van der Waals surface area contributed by atoms with E-state index >= 15 is 0 Å². The van der Waals surface area contributed by atoms with Gasteiger partial charge in [-0.25, -0.2) is 4.79 Å². The molecule has 0 aliphatic rings. The molecule has 3 aromatic carbocycles. The summed E-state index contributed by atoms with van der Waals surface area (Å²) >= 11 is 0. The van der Waals surface area contributed by atoms with Gasteiger partial charge in [0.05, 0.1) is 18.0 Å². The van der Waals surface area contributed by atoms with Crippen LogP contribution in [-0.2, 0) is 35.6 Å². The molecular formula is C29H30N4O5. The number of benzene rings is 3. The van der Waals surface area contributed by atoms with Gasteiger partial charge in [0.15, 0.2) is 0 Å². The topological polar surface area (TPSA) is 111 Å². The second-order valence-corrected chi connectivity index (χ2v) is 8.78. The van der Waals surface area contributed by atoms with Crippen LogP contribution in [0.15, 0.2) is 82.4 Å². The van der Waals surface area contributed by atoms with Crippen molar-refractivity contribution in [1.29, 1.82) is 0 Å². The quantitative estimate of drug-likeness (QED) is 0.338. The van der Waals surface area contributed by atoms with Crippen LogP contribution in [0.25, 0.3) is 10.9 Å². The van der Waals surface area contributed by atoms with Crippen molar-refractivity contribution in [3.8, 4) is 5.75 Å². The number of ether oxygens (including phenoxy) is 1. The van der Waals surface area contributed by atoms with Gasteiger partial charge in [-0.2, -0.15) is 0 Å². The molecule has 0 aliphatic heterocycles. The van der Waals surface area contributed by atoms with Crippen LogP contribution in [0.5, 0.6) is 5.75 Å². The van der Waals surface area contributed by atoms with Gasteiger partial charge in [-0.15, -0.1) is 0 Å². The van der Waals surface area contributed by atoms with Gasteiger partial charge in [0.25, 0.3) is 5.56 Å². The van der Waals surface area contributed by atoms with Gasteiger partial charge in [0, 0.05) is 30.8 Å². The van der Waals surface area contributed by atoms with Crippen LogP contribution < -0.4 is 26.6 Å². The number of nitrogens with zero attached hydrogens (tertiary/aromatic N) is 2. The van der Waals surface area contributed by atoms with Crippen LogP contribution in [0.1, 0.15) is 24.5 Å². The molecule has 38 heavy (non-hydrogen) atoms. The lowest BCUT2D eigenvalue weighted by atomic mass is 10.1. The lowest BCUT2D eigenvalue weighted by Gasteiger charge is -2.14. The summed E-state index contributed by atoms with van der Waals surface area (Å²) in [6.07, 6.45) is 0.800. The molecule has 0 radical (unpaired) electrons. The Hall–Kier alpha value is -4.66. The van der Waals surface area contributed by atoms with E-state index in [4.69, 9.17) is 4.74 Å². The number of fused-ring (bicyclic) bond motifs is 1. The van der Waals surface area contributed by atoms with Crippen molar-refractivity contribution in [2.24, 2.45) is 0 Å². The van der Waals surface area contributed by atoms with E-state index in [1.807, 2.05) is 49.4 Å². The minimum Gasteiger partial charge on any atom is -0.496 e. The molecule has 196 valence electrons. The Morgan fingerprint density at radius 2 is 1.58 bits per heavy atom. The van der Waals surface area contributed by atoms with Crippen LogP contribution in [0, 0.1) is 0 Å². The van der Waals surface area contributed by atoms with E-state index < -0.39 is 17.2 Å². The Morgan fingerprint density at radius 3 is 2.32 bits per heavy atom. The van der Waals surface area contributed by atoms with Gasteiger partial charge in [0.1, 0.15) is 12.3 Å². The first-order valence-electron chi connectivity index (χ1n) is 12.4. The Bertz CT molecular complexity index is 1570. The molecule has 0 unspecified atom stereocenters. The molecule has 9 heteroatoms. The maximum absolute atomic E-state index is 13.3. The van der Waals surface area contributed by atoms with E-state index in [9.17, 15) is 19.2 Å². The van der Waals surface area contributed by atoms with Gasteiger partial charge in [-0.3, -0.25) is 23.5 Å². The molecule has 0 saturated heterocycles. The summed E-state index contributed by atoms with van der Waals surface area (Å²) in [6.45, 7) is 1.89. The summed E-state index contributed by atoms with van der Waals surface area (Å²) in [5, 5.41) is 5.89. The monoisotopic (exact) mass is 514 g/mol. The first-order valence-corrected chi connectivity index (χ1v) is 12.4. The molecular weight excluding hydrogens is 484 g/mol. The summed E-state index contributed by atoms with van der Waals surface area (Å²) in [4.78, 5) is 51.8. The average molecular weight is 515 g/mol. The predicted molar refractivity (Wildman–Crippen MR) is 146 cm³/mol. The first kappa shape index (κ1) is 26.4. The number of hydrogen-bond donors (Lipinski definition) is 2. The highest BCUT2D eigenvalue weighted by atomic mass is 16.5. The fourth-order valence-electron chi connectivity index (χ4n) is 4.23. The predicted octanol–water partition coefficient (Wildman–Crippen LogP) is 3.08. The summed E-state index contributed by atoms with van der Waals surface area (Å²) in [5.74, 6) is -0.0718. The second-order valence-electron chi connectivity index (χ2n) is 8.78. The molecule has 1 aromatic heterocycles. The van der Waals surface area contributed by atoms with Gasteiger partial charge < -0.3 is 15.4 Å². The molecule has 2 N–H and O–H groups in total. The molecule has 1 heterocycles. The number of rotatable bonds is 10. The highest BCUT2D eigenvalue weighted by Gasteiger charge is 2.16. The zero-order chi connectivity index (χ0) is 27.1. The van der Waals surface area contributed by atoms with E-state index in [0.29, 0.717) is 22.3 Å². The fraction of sp³-hybridized carbons (Fsp3) is 0.241. The number of para-hydroxylation sites is 2. The van der Waals surface area contributed by atoms with E-state index in [2.05, 4.69) is 10.6 Å². The minimum absolute atomic E-state index is 0.0847. The molecule has 4 rings (SSSR count). The van der Waals surface area contributed by atoms with Crippen LogP contribution >= 0.6 is 0 Å². The van der Waals surface area contributed by atoms with Crippen LogP contribution in [0.2, 0.25) is 0 Å². The van der Waals surface area contributed by atoms with Gasteiger partial charge in [-0.05, 0) is 42.3 Å². The number of methoxy groups -OCH3 is 1. The van der Waals surface area contributed by atoms with E-state index in [0.717, 1.165) is 22.1 Å². The zero-order valence-electron chi connectivity index (χ0n) is 21.4. The van der Waals surface area contributed by atoms with Gasteiger partial charge in [0.2, 0.25) is 11.8 Å². The lowest BCUT2D eigenvalue weighted by Crippen LogP contribution is -2.42. The Labute approximate surface area is 219 Å². The Kier molecular flexibility index (Phi) is 8.37. The molecule has 0 atom stereocenters. The normalized spacial score (nSPS) is 10.8. The number of nitrogens with one attached hydrogen (secondary N) is 2. The SMILES string of the molecule is CCc1ccc(NC(=O)Cn2c(=O)n(CCC(=O)NCc3ccccc3OC)c(=O)c3ccccc32)cc1. The maximum atomic E-state index is 13.3. The number of hydrogen-bond acceptors (Lipinski definition) is 5. The molecule has 9 nitrogen and oxygen atoms in total. The summed E-state index contributed by atoms with van der Waals surface area (Å²) in [5.41, 5.74) is 1.77. The van der Waals surface area contributed by atoms with Crippen molar-refractivity contribution < 1.29 is 14.3 Å². The lowest BCUT2D eigenvalue weighted by molar-refractivity contribution is -0.121. The minimum atomic E-state index is -0.650. The van der Waals surface area contributed by atoms with Crippen molar-refractivity contribution in [1.82, 2.24) is 14.5 Å². The average Bonchev–Trinajstić information content (AvgIpc) is 2.94. The van der Waals surface area contributed by atoms with Crippen LogP contribution in [0.4, 0.5) is 5.69 Å². The van der Waals surface area contributed by atoms with Crippen molar-refractivity contribution >= 4 is 28.4 Å². The molecule has 4 aromatic rings. The third-order valence-electron chi connectivity index (χ3n) is 6.31. The van der Waals surface area contributed by atoms with E-state index in [1.54, 1.807) is 37.4 Å². The fourth-order valence-corrected chi connectivity index (χ4v) is 4.23. The Morgan fingerprint density at radius 1 is 0.868 bits per heavy atom. The van der Waals surface area contributed by atoms with E-state index in [-0.39, 0.29) is 32.0 Å². The van der Waals surface area contributed by atoms with Crippen molar-refractivity contribution in [3.05, 3.63) is 105 Å². The summed E-state index contributed by atoms with van der Waals surface area (Å²) in [6, 6.07) is 21.4. The van der Waals surface area contributed by atoms with Crippen molar-refractivity contribution in [2.45, 2.75) is 39.4 Å². The highest BCUT2D eigenvalue weighted by molar-refractivity contribution is 5.91. The van der Waals surface area contributed by atoms with Crippen LogP contribution in [0.3, 0.4) is 0 Å². The number of amides is 2. The maximum Gasteiger partial charge on any atom is 0.331 e. The standard InChI is InChI=1S/C29H30N4O5/c1-3-20-12-14-22(15-13-20)31-27(35)19-33-24-10-6-5-9-23(24)28(36)32(29(33)37)17-16-26(34)30-18-21-8-4-7-11-25(21)38-2/h4-15H,3,16-19H2,1-2H3,(H,30,34)(H,31,35). The molecule has 0 fully saturated rings. The zero-order valence-corrected chi connectivity index (χ0v) is 21.4. The number of carbonyl (C=O) groups excluding carboxylic acids is 2. The van der Waals surface area contributed by atoms with Crippen molar-refractivity contribution in [3.63, 3.8) is 0 Å². The van der Waals surface area contributed by atoms with Gasteiger partial charge >= 0.3 is 5.69 Å². The largest absolute Gasteiger partial charge is 0.496 e. The smallest absolute Gasteiger partial charge is 0.331 e. The number of aryl methyl sites for hydroxylation is 1. The van der Waals surface area contributed by atoms with Gasteiger partial charge in [-0.1, -0.05) is 49.4 Å². The number of anilines is 1. The number of aromatic nitrogens is 2. The van der Waals surface area contributed by atoms with Crippen LogP contribution in [-0.4, -0.2) is 28.1 Å². The molecule has 0 aliphatic carbocycles. The summed E-state index contributed by atoms with van der Waals surface area (Å²) in [7, 11) is 1.56. The molecule has 0 saturated carbocycles. The van der Waals surface area contributed by atoms with E-state index in [1.165, 1.54) is 4.57 Å². The highest BCUT2D eigenvalue weighted by Crippen LogP contribution is 2.16.